The van der Waals surface area contributed by atoms with E-state index in [9.17, 15) is 4.79 Å². The largest absolute Gasteiger partial charge is 0.462 e. The van der Waals surface area contributed by atoms with E-state index >= 15 is 0 Å². The Bertz CT molecular complexity index is 794. The van der Waals surface area contributed by atoms with E-state index in [1.54, 1.807) is 23.8 Å². The number of hydrogen-bond acceptors (Lipinski definition) is 4. The Labute approximate surface area is 122 Å². The van der Waals surface area contributed by atoms with Crippen molar-refractivity contribution in [2.24, 2.45) is 0 Å². The summed E-state index contributed by atoms with van der Waals surface area (Å²) in [7, 11) is 0. The molecule has 0 N–H and O–H groups in total. The summed E-state index contributed by atoms with van der Waals surface area (Å²) in [6, 6.07) is 9.92. The quantitative estimate of drug-likeness (QED) is 0.693. The molecule has 0 aliphatic heterocycles. The van der Waals surface area contributed by atoms with Crippen LogP contribution in [0.1, 0.15) is 23.0 Å². The van der Waals surface area contributed by atoms with Gasteiger partial charge in [0, 0.05) is 11.8 Å². The molecule has 1 aromatic carbocycles. The summed E-state index contributed by atoms with van der Waals surface area (Å²) in [6.07, 6.45) is 3.32. The van der Waals surface area contributed by atoms with Gasteiger partial charge in [-0.3, -0.25) is 0 Å². The van der Waals surface area contributed by atoms with Crippen LogP contribution in [0.2, 0.25) is 0 Å². The molecule has 2 aromatic heterocycles. The predicted molar refractivity (Wildman–Crippen MR) is 79.1 cm³/mol. The number of benzene rings is 1. The Morgan fingerprint density at radius 3 is 2.71 bits per heavy atom. The van der Waals surface area contributed by atoms with Crippen molar-refractivity contribution in [2.75, 3.05) is 6.61 Å². The van der Waals surface area contributed by atoms with Crippen LogP contribution in [-0.4, -0.2) is 27.2 Å². The summed E-state index contributed by atoms with van der Waals surface area (Å²) in [5.74, 6) is -0.374. The molecule has 0 aliphatic rings. The van der Waals surface area contributed by atoms with Crippen molar-refractivity contribution >= 4 is 11.6 Å². The minimum absolute atomic E-state index is 0.338. The molecule has 0 atom stereocenters. The van der Waals surface area contributed by atoms with E-state index in [-0.39, 0.29) is 5.97 Å². The van der Waals surface area contributed by atoms with Gasteiger partial charge in [0.25, 0.3) is 0 Å². The highest BCUT2D eigenvalue weighted by atomic mass is 16.5. The molecule has 0 aliphatic carbocycles. The highest BCUT2D eigenvalue weighted by Gasteiger charge is 2.16. The zero-order valence-corrected chi connectivity index (χ0v) is 11.9. The van der Waals surface area contributed by atoms with Gasteiger partial charge in [0.05, 0.1) is 24.1 Å². The molecule has 0 fully saturated rings. The molecular weight excluding hydrogens is 266 g/mol. The van der Waals surface area contributed by atoms with Crippen LogP contribution in [0.3, 0.4) is 0 Å². The summed E-state index contributed by atoms with van der Waals surface area (Å²) < 4.78 is 6.70. The Hall–Kier alpha value is -2.69. The Kier molecular flexibility index (Phi) is 3.39. The fourth-order valence-corrected chi connectivity index (χ4v) is 2.28. The molecule has 5 nitrogen and oxygen atoms in total. The number of rotatable bonds is 3. The molecule has 21 heavy (non-hydrogen) atoms. The number of aryl methyl sites for hydroxylation is 1. The minimum Gasteiger partial charge on any atom is -0.462 e. The number of carbonyl (C=O) groups excluding carboxylic acids is 1. The van der Waals surface area contributed by atoms with Gasteiger partial charge in [0.2, 0.25) is 0 Å². The van der Waals surface area contributed by atoms with Crippen LogP contribution in [0.25, 0.3) is 16.8 Å². The molecule has 0 radical (unpaired) electrons. The number of esters is 1. The standard InChI is InChI=1S/C16H15N3O2/c1-3-21-16(20)13-9-17-15-14(10-18-19(15)11(13)2)12-7-5-4-6-8-12/h4-10H,3H2,1-2H3. The lowest BCUT2D eigenvalue weighted by Crippen LogP contribution is -2.11. The first-order valence-corrected chi connectivity index (χ1v) is 6.78. The van der Waals surface area contributed by atoms with Gasteiger partial charge in [-0.1, -0.05) is 30.3 Å². The number of aromatic nitrogens is 3. The molecular formula is C16H15N3O2. The van der Waals surface area contributed by atoms with E-state index in [4.69, 9.17) is 4.74 Å². The van der Waals surface area contributed by atoms with E-state index in [1.165, 1.54) is 0 Å². The third-order valence-corrected chi connectivity index (χ3v) is 3.35. The first-order chi connectivity index (χ1) is 10.2. The normalized spacial score (nSPS) is 10.8. The maximum atomic E-state index is 11.9. The summed E-state index contributed by atoms with van der Waals surface area (Å²) in [4.78, 5) is 16.3. The second-order valence-electron chi connectivity index (χ2n) is 4.64. The Morgan fingerprint density at radius 2 is 2.00 bits per heavy atom. The molecule has 0 saturated heterocycles. The van der Waals surface area contributed by atoms with Crippen LogP contribution in [-0.2, 0) is 4.74 Å². The third kappa shape index (κ3) is 2.27. The van der Waals surface area contributed by atoms with Crippen LogP contribution >= 0.6 is 0 Å². The second-order valence-corrected chi connectivity index (χ2v) is 4.64. The van der Waals surface area contributed by atoms with Gasteiger partial charge in [-0.25, -0.2) is 14.3 Å². The zero-order valence-electron chi connectivity index (χ0n) is 11.9. The van der Waals surface area contributed by atoms with E-state index in [2.05, 4.69) is 10.1 Å². The number of ether oxygens (including phenoxy) is 1. The summed E-state index contributed by atoms with van der Waals surface area (Å²) in [5.41, 5.74) is 3.87. The Balaban J connectivity index is 2.13. The van der Waals surface area contributed by atoms with Gasteiger partial charge >= 0.3 is 5.97 Å². The highest BCUT2D eigenvalue weighted by Crippen LogP contribution is 2.24. The van der Waals surface area contributed by atoms with Crippen molar-refractivity contribution in [1.82, 2.24) is 14.6 Å². The van der Waals surface area contributed by atoms with Crippen molar-refractivity contribution in [3.05, 3.63) is 54.0 Å². The van der Waals surface area contributed by atoms with Crippen LogP contribution < -0.4 is 0 Å². The van der Waals surface area contributed by atoms with Crippen molar-refractivity contribution in [3.63, 3.8) is 0 Å². The zero-order chi connectivity index (χ0) is 14.8. The number of hydrogen-bond donors (Lipinski definition) is 0. The average molecular weight is 281 g/mol. The number of nitrogens with zero attached hydrogens (tertiary/aromatic N) is 3. The summed E-state index contributed by atoms with van der Waals surface area (Å²) in [5, 5.41) is 4.34. The van der Waals surface area contributed by atoms with Crippen LogP contribution in [0.4, 0.5) is 0 Å². The molecule has 0 spiro atoms. The van der Waals surface area contributed by atoms with Crippen LogP contribution in [0.15, 0.2) is 42.7 Å². The summed E-state index contributed by atoms with van der Waals surface area (Å²) >= 11 is 0. The van der Waals surface area contributed by atoms with Gasteiger partial charge in [-0.05, 0) is 19.4 Å². The maximum Gasteiger partial charge on any atom is 0.341 e. The van der Waals surface area contributed by atoms with Crippen molar-refractivity contribution in [2.45, 2.75) is 13.8 Å². The van der Waals surface area contributed by atoms with E-state index in [0.717, 1.165) is 22.5 Å². The SMILES string of the molecule is CCOC(=O)c1cnc2c(-c3ccccc3)cnn2c1C. The van der Waals surface area contributed by atoms with Crippen molar-refractivity contribution < 1.29 is 9.53 Å². The van der Waals surface area contributed by atoms with Crippen molar-refractivity contribution in [1.29, 1.82) is 0 Å². The van der Waals surface area contributed by atoms with E-state index < -0.39 is 0 Å². The minimum atomic E-state index is -0.374. The fraction of sp³-hybridized carbons (Fsp3) is 0.188. The molecule has 5 heteroatoms. The van der Waals surface area contributed by atoms with Gasteiger partial charge < -0.3 is 4.74 Å². The maximum absolute atomic E-state index is 11.9. The van der Waals surface area contributed by atoms with Crippen molar-refractivity contribution in [3.8, 4) is 11.1 Å². The lowest BCUT2D eigenvalue weighted by atomic mass is 10.1. The molecule has 0 saturated carbocycles. The highest BCUT2D eigenvalue weighted by molar-refractivity contribution is 5.91. The first-order valence-electron chi connectivity index (χ1n) is 6.78. The molecule has 2 heterocycles. The smallest absolute Gasteiger partial charge is 0.341 e. The third-order valence-electron chi connectivity index (χ3n) is 3.35. The molecule has 106 valence electrons. The molecule has 3 aromatic rings. The monoisotopic (exact) mass is 281 g/mol. The van der Waals surface area contributed by atoms with Crippen LogP contribution in [0.5, 0.6) is 0 Å². The Morgan fingerprint density at radius 1 is 1.24 bits per heavy atom. The van der Waals surface area contributed by atoms with E-state index in [1.807, 2.05) is 37.3 Å². The number of carbonyl (C=O) groups is 1. The predicted octanol–water partition coefficient (Wildman–Crippen LogP) is 2.88. The summed E-state index contributed by atoms with van der Waals surface area (Å²) in [6.45, 7) is 3.95. The number of fused-ring (bicyclic) bond motifs is 1. The molecule has 0 amide bonds. The lowest BCUT2D eigenvalue weighted by molar-refractivity contribution is 0.0524. The molecule has 0 bridgehead atoms. The van der Waals surface area contributed by atoms with Gasteiger partial charge in [0.1, 0.15) is 0 Å². The second kappa shape index (κ2) is 5.36. The van der Waals surface area contributed by atoms with Gasteiger partial charge in [-0.15, -0.1) is 0 Å². The molecule has 0 unspecified atom stereocenters. The van der Waals surface area contributed by atoms with Crippen LogP contribution in [0, 0.1) is 6.92 Å². The van der Waals surface area contributed by atoms with E-state index in [0.29, 0.717) is 12.2 Å². The lowest BCUT2D eigenvalue weighted by Gasteiger charge is -2.07. The fourth-order valence-electron chi connectivity index (χ4n) is 2.28. The average Bonchev–Trinajstić information content (AvgIpc) is 2.93. The molecule has 3 rings (SSSR count). The van der Waals surface area contributed by atoms with Gasteiger partial charge in [0.15, 0.2) is 5.65 Å². The topological polar surface area (TPSA) is 56.5 Å². The van der Waals surface area contributed by atoms with Gasteiger partial charge in [-0.2, -0.15) is 5.10 Å². The first kappa shape index (κ1) is 13.3.